The van der Waals surface area contributed by atoms with E-state index in [0.717, 1.165) is 23.7 Å². The van der Waals surface area contributed by atoms with Gasteiger partial charge in [0.1, 0.15) is 5.75 Å². The van der Waals surface area contributed by atoms with Crippen LogP contribution in [0.25, 0.3) is 10.9 Å². The van der Waals surface area contributed by atoms with E-state index >= 15 is 0 Å². The molecule has 1 aliphatic rings. The van der Waals surface area contributed by atoms with Crippen molar-refractivity contribution in [3.05, 3.63) is 59.3 Å². The summed E-state index contributed by atoms with van der Waals surface area (Å²) >= 11 is 0. The average Bonchev–Trinajstić information content (AvgIpc) is 3.14. The van der Waals surface area contributed by atoms with Gasteiger partial charge in [-0.1, -0.05) is 0 Å². The van der Waals surface area contributed by atoms with Crippen molar-refractivity contribution in [2.75, 3.05) is 20.2 Å². The van der Waals surface area contributed by atoms with Crippen LogP contribution in [0.1, 0.15) is 34.5 Å². The number of carbonyl (C=O) groups is 1. The molecule has 3 aromatic rings. The maximum atomic E-state index is 12.5. The van der Waals surface area contributed by atoms with Gasteiger partial charge in [-0.15, -0.1) is 0 Å². The summed E-state index contributed by atoms with van der Waals surface area (Å²) in [5.74, 6) is 0.369. The second-order valence-electron chi connectivity index (χ2n) is 7.38. The lowest BCUT2D eigenvalue weighted by molar-refractivity contribution is 0.0954. The van der Waals surface area contributed by atoms with Gasteiger partial charge in [0.25, 0.3) is 5.91 Å². The molecule has 1 aliphatic carbocycles. The van der Waals surface area contributed by atoms with Crippen LogP contribution in [-0.4, -0.2) is 39.5 Å². The fourth-order valence-corrected chi connectivity index (χ4v) is 4.88. The molecule has 0 saturated carbocycles. The zero-order chi connectivity index (χ0) is 21.1. The topological polar surface area (TPSA) is 100 Å². The number of carbonyl (C=O) groups excluding carboxylic acids is 1. The van der Waals surface area contributed by atoms with Crippen molar-refractivity contribution < 1.29 is 17.9 Å². The summed E-state index contributed by atoms with van der Waals surface area (Å²) in [6, 6.07) is 11.8. The number of benzene rings is 2. The molecular weight excluding hydrogens is 402 g/mol. The highest BCUT2D eigenvalue weighted by atomic mass is 32.2. The van der Waals surface area contributed by atoms with Crippen LogP contribution in [0.2, 0.25) is 0 Å². The Morgan fingerprint density at radius 3 is 2.60 bits per heavy atom. The molecule has 0 atom stereocenters. The zero-order valence-corrected chi connectivity index (χ0v) is 17.6. The summed E-state index contributed by atoms with van der Waals surface area (Å²) < 4.78 is 32.2. The van der Waals surface area contributed by atoms with Gasteiger partial charge in [0, 0.05) is 35.2 Å². The molecule has 0 spiro atoms. The smallest absolute Gasteiger partial charge is 0.251 e. The Kier molecular flexibility index (Phi) is 5.78. The van der Waals surface area contributed by atoms with Crippen LogP contribution in [0.5, 0.6) is 5.75 Å². The number of aryl methyl sites for hydroxylation is 2. The molecule has 158 valence electrons. The molecule has 0 unspecified atom stereocenters. The van der Waals surface area contributed by atoms with E-state index in [2.05, 4.69) is 15.0 Å². The van der Waals surface area contributed by atoms with E-state index in [1.807, 2.05) is 12.1 Å². The molecule has 30 heavy (non-hydrogen) atoms. The highest BCUT2D eigenvalue weighted by Crippen LogP contribution is 2.29. The predicted molar refractivity (Wildman–Crippen MR) is 115 cm³/mol. The monoisotopic (exact) mass is 427 g/mol. The minimum absolute atomic E-state index is 0.0991. The maximum Gasteiger partial charge on any atom is 0.251 e. The van der Waals surface area contributed by atoms with Crippen LogP contribution in [0.3, 0.4) is 0 Å². The average molecular weight is 428 g/mol. The number of aromatic amines is 1. The number of hydrogen-bond donors (Lipinski definition) is 3. The number of aromatic nitrogens is 1. The lowest BCUT2D eigenvalue weighted by atomic mass is 9.95. The van der Waals surface area contributed by atoms with Gasteiger partial charge < -0.3 is 15.0 Å². The number of ether oxygens (including phenoxy) is 1. The second-order valence-corrected chi connectivity index (χ2v) is 9.15. The Labute approximate surface area is 175 Å². The molecule has 1 aromatic heterocycles. The lowest BCUT2D eigenvalue weighted by Crippen LogP contribution is -2.34. The first-order chi connectivity index (χ1) is 14.5. The molecule has 0 bridgehead atoms. The molecule has 3 N–H and O–H groups in total. The maximum absolute atomic E-state index is 12.5. The van der Waals surface area contributed by atoms with Crippen LogP contribution in [0.4, 0.5) is 0 Å². The van der Waals surface area contributed by atoms with E-state index in [4.69, 9.17) is 4.74 Å². The number of amides is 1. The fraction of sp³-hybridized carbons (Fsp3) is 0.318. The van der Waals surface area contributed by atoms with Gasteiger partial charge in [-0.05, 0) is 73.7 Å². The fourth-order valence-electron chi connectivity index (χ4n) is 3.85. The molecule has 1 heterocycles. The summed E-state index contributed by atoms with van der Waals surface area (Å²) in [6.45, 7) is 0.291. The molecule has 2 aromatic carbocycles. The van der Waals surface area contributed by atoms with Crippen molar-refractivity contribution in [1.82, 2.24) is 15.0 Å². The van der Waals surface area contributed by atoms with E-state index in [1.54, 1.807) is 18.2 Å². The Morgan fingerprint density at radius 1 is 1.07 bits per heavy atom. The van der Waals surface area contributed by atoms with Gasteiger partial charge in [0.15, 0.2) is 0 Å². The SMILES string of the molecule is COc1ccc(S(=O)(=O)NCCNC(=O)c2ccc3[nH]c4c(c3c2)CCCC4)cc1. The van der Waals surface area contributed by atoms with E-state index < -0.39 is 10.0 Å². The van der Waals surface area contributed by atoms with Crippen molar-refractivity contribution in [2.24, 2.45) is 0 Å². The van der Waals surface area contributed by atoms with Gasteiger partial charge in [0.05, 0.1) is 12.0 Å². The number of rotatable bonds is 7. The first-order valence-electron chi connectivity index (χ1n) is 10.0. The molecule has 8 heteroatoms. The summed E-state index contributed by atoms with van der Waals surface area (Å²) in [5, 5.41) is 3.89. The van der Waals surface area contributed by atoms with Gasteiger partial charge in [0.2, 0.25) is 10.0 Å². The highest BCUT2D eigenvalue weighted by Gasteiger charge is 2.17. The summed E-state index contributed by atoms with van der Waals surface area (Å²) in [4.78, 5) is 16.1. The molecular formula is C22H25N3O4S. The molecule has 0 saturated heterocycles. The third-order valence-electron chi connectivity index (χ3n) is 5.43. The number of H-pyrrole nitrogens is 1. The molecule has 0 aliphatic heterocycles. The summed E-state index contributed by atoms with van der Waals surface area (Å²) in [6.07, 6.45) is 4.46. The summed E-state index contributed by atoms with van der Waals surface area (Å²) in [7, 11) is -2.12. The van der Waals surface area contributed by atoms with E-state index in [9.17, 15) is 13.2 Å². The summed E-state index contributed by atoms with van der Waals surface area (Å²) in [5.41, 5.74) is 4.23. The van der Waals surface area contributed by atoms with Gasteiger partial charge >= 0.3 is 0 Å². The molecule has 4 rings (SSSR count). The number of sulfonamides is 1. The van der Waals surface area contributed by atoms with Crippen LogP contribution in [0.15, 0.2) is 47.4 Å². The van der Waals surface area contributed by atoms with Crippen molar-refractivity contribution in [3.8, 4) is 5.75 Å². The standard InChI is InChI=1S/C22H25N3O4S/c1-29-16-7-9-17(10-8-16)30(27,28)24-13-12-23-22(26)15-6-11-21-19(14-15)18-4-2-3-5-20(18)25-21/h6-11,14,24-25H,2-5,12-13H2,1H3,(H,23,26). The molecule has 0 fully saturated rings. The largest absolute Gasteiger partial charge is 0.497 e. The minimum atomic E-state index is -3.64. The van der Waals surface area contributed by atoms with E-state index in [1.165, 1.54) is 43.3 Å². The quantitative estimate of drug-likeness (QED) is 0.505. The first-order valence-corrected chi connectivity index (χ1v) is 11.5. The molecule has 1 amide bonds. The lowest BCUT2D eigenvalue weighted by Gasteiger charge is -2.11. The third-order valence-corrected chi connectivity index (χ3v) is 6.91. The Hall–Kier alpha value is -2.84. The van der Waals surface area contributed by atoms with Crippen molar-refractivity contribution in [1.29, 1.82) is 0 Å². The first kappa shape index (κ1) is 20.4. The number of hydrogen-bond acceptors (Lipinski definition) is 4. The number of fused-ring (bicyclic) bond motifs is 3. The third kappa shape index (κ3) is 4.20. The van der Waals surface area contributed by atoms with Crippen molar-refractivity contribution in [2.45, 2.75) is 30.6 Å². The Bertz CT molecular complexity index is 1170. The van der Waals surface area contributed by atoms with Crippen LogP contribution in [0, 0.1) is 0 Å². The Balaban J connectivity index is 1.35. The van der Waals surface area contributed by atoms with Gasteiger partial charge in [-0.2, -0.15) is 0 Å². The number of methoxy groups -OCH3 is 1. The van der Waals surface area contributed by atoms with E-state index in [0.29, 0.717) is 11.3 Å². The zero-order valence-electron chi connectivity index (χ0n) is 16.8. The molecule has 7 nitrogen and oxygen atoms in total. The van der Waals surface area contributed by atoms with Gasteiger partial charge in [-0.3, -0.25) is 4.79 Å². The van der Waals surface area contributed by atoms with Gasteiger partial charge in [-0.25, -0.2) is 13.1 Å². The minimum Gasteiger partial charge on any atom is -0.497 e. The Morgan fingerprint density at radius 2 is 1.83 bits per heavy atom. The van der Waals surface area contributed by atoms with Crippen LogP contribution >= 0.6 is 0 Å². The normalized spacial score (nSPS) is 13.8. The highest BCUT2D eigenvalue weighted by molar-refractivity contribution is 7.89. The van der Waals surface area contributed by atoms with E-state index in [-0.39, 0.29) is 23.9 Å². The predicted octanol–water partition coefficient (Wildman–Crippen LogP) is 2.76. The van der Waals surface area contributed by atoms with Crippen molar-refractivity contribution >= 4 is 26.8 Å². The van der Waals surface area contributed by atoms with Crippen LogP contribution in [-0.2, 0) is 22.9 Å². The van der Waals surface area contributed by atoms with Crippen molar-refractivity contribution in [3.63, 3.8) is 0 Å². The van der Waals surface area contributed by atoms with Crippen LogP contribution < -0.4 is 14.8 Å². The second kappa shape index (κ2) is 8.49. The number of nitrogens with one attached hydrogen (secondary N) is 3. The molecule has 0 radical (unpaired) electrons.